The SMILES string of the molecule is O=C1OC(=O)c2cc(C(O)C(O)CCS)ccc21. The average Bonchev–Trinajstić information content (AvgIpc) is 2.64. The summed E-state index contributed by atoms with van der Waals surface area (Å²) in [5.41, 5.74) is 0.670. The molecule has 0 amide bonds. The zero-order valence-electron chi connectivity index (χ0n) is 9.37. The molecule has 1 aliphatic heterocycles. The van der Waals surface area contributed by atoms with Gasteiger partial charge < -0.3 is 14.9 Å². The highest BCUT2D eigenvalue weighted by Crippen LogP contribution is 2.26. The van der Waals surface area contributed by atoms with E-state index in [4.69, 9.17) is 0 Å². The minimum atomic E-state index is -1.12. The number of hydrogen-bond acceptors (Lipinski definition) is 6. The Bertz CT molecular complexity index is 499. The first-order valence-corrected chi connectivity index (χ1v) is 6.05. The summed E-state index contributed by atoms with van der Waals surface area (Å²) in [6.45, 7) is 0. The minimum Gasteiger partial charge on any atom is -0.390 e. The maximum absolute atomic E-state index is 11.3. The molecule has 96 valence electrons. The van der Waals surface area contributed by atoms with Gasteiger partial charge in [-0.05, 0) is 29.9 Å². The molecule has 0 spiro atoms. The monoisotopic (exact) mass is 268 g/mol. The smallest absolute Gasteiger partial charge is 0.346 e. The summed E-state index contributed by atoms with van der Waals surface area (Å²) in [6, 6.07) is 4.27. The first-order chi connectivity index (χ1) is 8.54. The molecule has 0 saturated carbocycles. The van der Waals surface area contributed by atoms with Crippen molar-refractivity contribution in [3.05, 3.63) is 34.9 Å². The molecule has 6 heteroatoms. The predicted molar refractivity (Wildman–Crippen MR) is 65.6 cm³/mol. The van der Waals surface area contributed by atoms with Gasteiger partial charge in [0.15, 0.2) is 0 Å². The van der Waals surface area contributed by atoms with E-state index in [2.05, 4.69) is 17.4 Å². The van der Waals surface area contributed by atoms with Crippen molar-refractivity contribution in [1.29, 1.82) is 0 Å². The molecule has 2 rings (SSSR count). The average molecular weight is 268 g/mol. The van der Waals surface area contributed by atoms with E-state index in [0.717, 1.165) is 0 Å². The highest BCUT2D eigenvalue weighted by atomic mass is 32.1. The van der Waals surface area contributed by atoms with Crippen LogP contribution in [0, 0.1) is 0 Å². The van der Waals surface area contributed by atoms with Crippen molar-refractivity contribution in [3.63, 3.8) is 0 Å². The largest absolute Gasteiger partial charge is 0.390 e. The highest BCUT2D eigenvalue weighted by molar-refractivity contribution is 7.80. The molecule has 0 bridgehead atoms. The van der Waals surface area contributed by atoms with Crippen molar-refractivity contribution in [2.24, 2.45) is 0 Å². The summed E-state index contributed by atoms with van der Waals surface area (Å²) in [5, 5.41) is 19.5. The molecular weight excluding hydrogens is 256 g/mol. The van der Waals surface area contributed by atoms with Crippen LogP contribution in [0.2, 0.25) is 0 Å². The van der Waals surface area contributed by atoms with Gasteiger partial charge in [-0.3, -0.25) is 0 Å². The van der Waals surface area contributed by atoms with Crippen LogP contribution in [-0.4, -0.2) is 34.0 Å². The normalized spacial score (nSPS) is 17.3. The molecule has 1 aromatic rings. The summed E-state index contributed by atoms with van der Waals surface area (Å²) in [4.78, 5) is 22.6. The van der Waals surface area contributed by atoms with Crippen molar-refractivity contribution >= 4 is 24.6 Å². The van der Waals surface area contributed by atoms with E-state index in [9.17, 15) is 19.8 Å². The Hall–Kier alpha value is -1.37. The van der Waals surface area contributed by atoms with Crippen molar-refractivity contribution < 1.29 is 24.5 Å². The third-order valence-electron chi connectivity index (χ3n) is 2.80. The topological polar surface area (TPSA) is 83.8 Å². The van der Waals surface area contributed by atoms with Crippen molar-refractivity contribution in [2.45, 2.75) is 18.6 Å². The van der Waals surface area contributed by atoms with Crippen molar-refractivity contribution in [3.8, 4) is 0 Å². The second kappa shape index (κ2) is 5.09. The van der Waals surface area contributed by atoms with Crippen LogP contribution in [0.1, 0.15) is 38.8 Å². The summed E-state index contributed by atoms with van der Waals surface area (Å²) in [7, 11) is 0. The summed E-state index contributed by atoms with van der Waals surface area (Å²) in [5.74, 6) is -0.983. The number of esters is 2. The number of carbonyl (C=O) groups is 2. The van der Waals surface area contributed by atoms with E-state index in [-0.39, 0.29) is 11.1 Å². The third kappa shape index (κ3) is 2.27. The summed E-state index contributed by atoms with van der Waals surface area (Å²) < 4.78 is 4.44. The lowest BCUT2D eigenvalue weighted by Gasteiger charge is -2.17. The van der Waals surface area contributed by atoms with Gasteiger partial charge in [0.25, 0.3) is 0 Å². The van der Waals surface area contributed by atoms with Gasteiger partial charge >= 0.3 is 11.9 Å². The van der Waals surface area contributed by atoms with Gasteiger partial charge in [-0.1, -0.05) is 6.07 Å². The molecule has 5 nitrogen and oxygen atoms in total. The van der Waals surface area contributed by atoms with Crippen molar-refractivity contribution in [2.75, 3.05) is 5.75 Å². The van der Waals surface area contributed by atoms with Gasteiger partial charge in [0.2, 0.25) is 0 Å². The zero-order chi connectivity index (χ0) is 13.3. The number of benzene rings is 1. The van der Waals surface area contributed by atoms with E-state index in [1.807, 2.05) is 0 Å². The number of rotatable bonds is 4. The van der Waals surface area contributed by atoms with Crippen LogP contribution in [0.3, 0.4) is 0 Å². The fourth-order valence-electron chi connectivity index (χ4n) is 1.80. The first kappa shape index (κ1) is 13.1. The Morgan fingerprint density at radius 3 is 2.50 bits per heavy atom. The molecule has 2 N–H and O–H groups in total. The van der Waals surface area contributed by atoms with E-state index >= 15 is 0 Å². The molecule has 0 radical (unpaired) electrons. The van der Waals surface area contributed by atoms with Crippen LogP contribution in [-0.2, 0) is 4.74 Å². The van der Waals surface area contributed by atoms with Gasteiger partial charge in [-0.2, -0.15) is 12.6 Å². The molecule has 0 saturated heterocycles. The molecule has 0 aromatic heterocycles. The third-order valence-corrected chi connectivity index (χ3v) is 3.06. The number of carbonyl (C=O) groups excluding carboxylic acids is 2. The van der Waals surface area contributed by atoms with Crippen LogP contribution in [0.15, 0.2) is 18.2 Å². The summed E-state index contributed by atoms with van der Waals surface area (Å²) in [6.07, 6.45) is -1.76. The Morgan fingerprint density at radius 1 is 1.17 bits per heavy atom. The van der Waals surface area contributed by atoms with Gasteiger partial charge in [0.05, 0.1) is 17.2 Å². The fourth-order valence-corrected chi connectivity index (χ4v) is 2.06. The Morgan fingerprint density at radius 2 is 1.83 bits per heavy atom. The second-order valence-corrected chi connectivity index (χ2v) is 4.45. The molecule has 2 atom stereocenters. The van der Waals surface area contributed by atoms with Gasteiger partial charge in [-0.25, -0.2) is 9.59 Å². The minimum absolute atomic E-state index is 0.120. The number of cyclic esters (lactones) is 2. The molecule has 18 heavy (non-hydrogen) atoms. The van der Waals surface area contributed by atoms with E-state index < -0.39 is 24.1 Å². The van der Waals surface area contributed by atoms with Gasteiger partial charge in [0.1, 0.15) is 6.10 Å². The predicted octanol–water partition coefficient (Wildman–Crippen LogP) is 0.711. The zero-order valence-corrected chi connectivity index (χ0v) is 10.3. The standard InChI is InChI=1S/C12H12O5S/c13-9(3-4-18)10(14)6-1-2-7-8(5-6)12(16)17-11(7)15/h1-2,5,9-10,13-14,18H,3-4H2. The Balaban J connectivity index is 2.29. The van der Waals surface area contributed by atoms with Crippen molar-refractivity contribution in [1.82, 2.24) is 0 Å². The second-order valence-electron chi connectivity index (χ2n) is 4.01. The molecule has 1 aromatic carbocycles. The maximum Gasteiger partial charge on any atom is 0.346 e. The van der Waals surface area contributed by atoms with Crippen LogP contribution in [0.4, 0.5) is 0 Å². The lowest BCUT2D eigenvalue weighted by Crippen LogP contribution is -2.19. The lowest BCUT2D eigenvalue weighted by atomic mass is 9.98. The summed E-state index contributed by atoms with van der Waals surface area (Å²) >= 11 is 3.97. The quantitative estimate of drug-likeness (QED) is 0.425. The number of hydrogen-bond donors (Lipinski definition) is 3. The number of ether oxygens (including phenoxy) is 1. The van der Waals surface area contributed by atoms with Crippen LogP contribution in [0.5, 0.6) is 0 Å². The number of aliphatic hydroxyl groups excluding tert-OH is 2. The maximum atomic E-state index is 11.3. The van der Waals surface area contributed by atoms with Crippen LogP contribution >= 0.6 is 12.6 Å². The van der Waals surface area contributed by atoms with Gasteiger partial charge in [0, 0.05) is 0 Å². The lowest BCUT2D eigenvalue weighted by molar-refractivity contribution is 0.0172. The molecule has 2 unspecified atom stereocenters. The molecular formula is C12H12O5S. The molecule has 1 aliphatic rings. The Kier molecular flexibility index (Phi) is 3.70. The Labute approximate surface area is 109 Å². The molecule has 1 heterocycles. The fraction of sp³-hybridized carbons (Fsp3) is 0.333. The number of thiol groups is 1. The van der Waals surface area contributed by atoms with Crippen LogP contribution < -0.4 is 0 Å². The first-order valence-electron chi connectivity index (χ1n) is 5.42. The highest BCUT2D eigenvalue weighted by Gasteiger charge is 2.31. The van der Waals surface area contributed by atoms with Gasteiger partial charge in [-0.15, -0.1) is 0 Å². The number of aliphatic hydroxyl groups is 2. The number of fused-ring (bicyclic) bond motifs is 1. The molecule has 0 fully saturated rings. The van der Waals surface area contributed by atoms with E-state index in [0.29, 0.717) is 17.7 Å². The molecule has 0 aliphatic carbocycles. The van der Waals surface area contributed by atoms with E-state index in [1.165, 1.54) is 18.2 Å². The van der Waals surface area contributed by atoms with E-state index in [1.54, 1.807) is 0 Å². The van der Waals surface area contributed by atoms with Crippen LogP contribution in [0.25, 0.3) is 0 Å².